The monoisotopic (exact) mass is 520 g/mol. The molecule has 1 unspecified atom stereocenters. The fraction of sp³-hybridized carbons (Fsp3) is 0.321. The van der Waals surface area contributed by atoms with E-state index >= 15 is 0 Å². The van der Waals surface area contributed by atoms with Gasteiger partial charge in [0.15, 0.2) is 0 Å². The highest BCUT2D eigenvalue weighted by molar-refractivity contribution is 9.10. The van der Waals surface area contributed by atoms with Crippen molar-refractivity contribution in [3.05, 3.63) is 100 Å². The topological polar surface area (TPSA) is 53.0 Å². The molecular weight excluding hydrogens is 492 g/mol. The van der Waals surface area contributed by atoms with Crippen LogP contribution in [-0.4, -0.2) is 46.7 Å². The van der Waals surface area contributed by atoms with Gasteiger partial charge in [0.1, 0.15) is 12.4 Å². The number of benzene rings is 3. The van der Waals surface area contributed by atoms with E-state index in [9.17, 15) is 9.90 Å². The number of piperidine rings is 3. The normalized spacial score (nSPS) is 22.2. The van der Waals surface area contributed by atoms with Gasteiger partial charge in [-0.3, -0.25) is 4.90 Å². The molecule has 3 saturated heterocycles. The molecule has 0 saturated carbocycles. The van der Waals surface area contributed by atoms with Crippen LogP contribution in [0.4, 0.5) is 4.79 Å². The Balaban J connectivity index is 1.46. The van der Waals surface area contributed by atoms with Crippen molar-refractivity contribution < 1.29 is 14.6 Å². The van der Waals surface area contributed by atoms with Crippen LogP contribution < -0.4 is 4.74 Å². The Kier molecular flexibility index (Phi) is 6.88. The molecule has 0 spiro atoms. The molecule has 6 heteroatoms. The van der Waals surface area contributed by atoms with Gasteiger partial charge in [0.2, 0.25) is 0 Å². The molecule has 3 aromatic rings. The molecule has 0 radical (unpaired) electrons. The largest absolute Gasteiger partial charge is 0.489 e. The maximum atomic E-state index is 12.8. The van der Waals surface area contributed by atoms with Gasteiger partial charge in [-0.15, -0.1) is 0 Å². The molecule has 3 fully saturated rings. The molecule has 2 bridgehead atoms. The van der Waals surface area contributed by atoms with Crippen LogP contribution in [0.25, 0.3) is 0 Å². The number of hydrogen-bond donors (Lipinski definition) is 1. The second-order valence-corrected chi connectivity index (χ2v) is 10.1. The van der Waals surface area contributed by atoms with Crippen LogP contribution in [-0.2, 0) is 6.61 Å². The molecule has 1 amide bonds. The summed E-state index contributed by atoms with van der Waals surface area (Å²) >= 11 is 3.46. The van der Waals surface area contributed by atoms with Crippen molar-refractivity contribution in [1.29, 1.82) is 0 Å². The molecule has 176 valence electrons. The summed E-state index contributed by atoms with van der Waals surface area (Å²) < 4.78 is 7.14. The first kappa shape index (κ1) is 22.9. The predicted molar refractivity (Wildman–Crippen MR) is 136 cm³/mol. The molecule has 1 N–H and O–H groups in total. The molecule has 0 aliphatic carbocycles. The van der Waals surface area contributed by atoms with Crippen LogP contribution in [0.1, 0.15) is 35.6 Å². The van der Waals surface area contributed by atoms with Gasteiger partial charge in [-0.2, -0.15) is 0 Å². The minimum absolute atomic E-state index is 0.0162. The summed E-state index contributed by atoms with van der Waals surface area (Å²) in [6.07, 6.45) is 1.26. The Labute approximate surface area is 209 Å². The molecule has 2 atom stereocenters. The van der Waals surface area contributed by atoms with Gasteiger partial charge in [0.05, 0.1) is 12.1 Å². The van der Waals surface area contributed by atoms with E-state index in [4.69, 9.17) is 4.74 Å². The quantitative estimate of drug-likeness (QED) is 0.403. The fourth-order valence-electron chi connectivity index (χ4n) is 5.36. The second kappa shape index (κ2) is 10.2. The Morgan fingerprint density at radius 3 is 2.35 bits per heavy atom. The maximum Gasteiger partial charge on any atom is 0.408 e. The van der Waals surface area contributed by atoms with Crippen LogP contribution in [0.3, 0.4) is 0 Å². The van der Waals surface area contributed by atoms with Crippen molar-refractivity contribution in [2.45, 2.75) is 31.5 Å². The highest BCUT2D eigenvalue weighted by Gasteiger charge is 2.43. The number of carboxylic acid groups (broad SMARTS) is 1. The summed E-state index contributed by atoms with van der Waals surface area (Å²) in [6, 6.07) is 25.5. The summed E-state index contributed by atoms with van der Waals surface area (Å²) in [5.74, 6) is 1.14. The summed E-state index contributed by atoms with van der Waals surface area (Å²) in [4.78, 5) is 16.9. The van der Waals surface area contributed by atoms with Crippen LogP contribution in [0.5, 0.6) is 5.75 Å². The van der Waals surface area contributed by atoms with E-state index in [1.165, 1.54) is 0 Å². The number of nitrogens with zero attached hydrogens (tertiary/aromatic N) is 2. The van der Waals surface area contributed by atoms with Crippen molar-refractivity contribution in [1.82, 2.24) is 9.80 Å². The maximum absolute atomic E-state index is 12.8. The fourth-order valence-corrected chi connectivity index (χ4v) is 5.63. The van der Waals surface area contributed by atoms with Gasteiger partial charge < -0.3 is 14.7 Å². The van der Waals surface area contributed by atoms with Crippen molar-refractivity contribution >= 4 is 22.0 Å². The minimum atomic E-state index is -0.867. The molecule has 3 aliphatic heterocycles. The molecule has 3 aliphatic rings. The lowest BCUT2D eigenvalue weighted by atomic mass is 9.81. The lowest BCUT2D eigenvalue weighted by molar-refractivity contribution is -0.000811. The summed E-state index contributed by atoms with van der Waals surface area (Å²) in [6.45, 7) is 3.41. The van der Waals surface area contributed by atoms with Gasteiger partial charge in [0, 0.05) is 11.0 Å². The highest BCUT2D eigenvalue weighted by Crippen LogP contribution is 2.39. The highest BCUT2D eigenvalue weighted by atomic mass is 79.9. The van der Waals surface area contributed by atoms with E-state index in [-0.39, 0.29) is 12.1 Å². The summed E-state index contributed by atoms with van der Waals surface area (Å²) in [7, 11) is 0. The zero-order valence-corrected chi connectivity index (χ0v) is 20.6. The van der Waals surface area contributed by atoms with Gasteiger partial charge in [-0.25, -0.2) is 4.79 Å². The van der Waals surface area contributed by atoms with Crippen LogP contribution in [0.2, 0.25) is 0 Å². The Morgan fingerprint density at radius 1 is 1.00 bits per heavy atom. The number of carbonyl (C=O) groups is 1. The molecule has 3 heterocycles. The number of hydrogen-bond acceptors (Lipinski definition) is 3. The molecule has 3 aromatic carbocycles. The zero-order chi connectivity index (χ0) is 23.5. The standard InChI is InChI=1S/C28H29BrN2O3/c29-24-11-9-20(10-12-24)19-34-25-8-4-7-23(17-25)27(22-5-2-1-3-6-22)31(28(32)33)26-18-30-15-13-21(26)14-16-30/h1-12,17,21,26-27H,13-16,18-19H2,(H,32,33)/t26?,27-/m0/s1. The summed E-state index contributed by atoms with van der Waals surface area (Å²) in [5.41, 5.74) is 2.98. The first-order chi connectivity index (χ1) is 16.6. The van der Waals surface area contributed by atoms with Crippen molar-refractivity contribution in [2.75, 3.05) is 19.6 Å². The summed E-state index contributed by atoms with van der Waals surface area (Å²) in [5, 5.41) is 10.5. The average molecular weight is 521 g/mol. The van der Waals surface area contributed by atoms with Crippen LogP contribution in [0.15, 0.2) is 83.3 Å². The third kappa shape index (κ3) is 4.98. The van der Waals surface area contributed by atoms with Crippen molar-refractivity contribution in [2.24, 2.45) is 5.92 Å². The first-order valence-electron chi connectivity index (χ1n) is 11.8. The lowest BCUT2D eigenvalue weighted by Crippen LogP contribution is -2.59. The zero-order valence-electron chi connectivity index (χ0n) is 19.0. The van der Waals surface area contributed by atoms with E-state index in [2.05, 4.69) is 20.8 Å². The van der Waals surface area contributed by atoms with Crippen LogP contribution >= 0.6 is 15.9 Å². The van der Waals surface area contributed by atoms with Crippen LogP contribution in [0, 0.1) is 5.92 Å². The van der Waals surface area contributed by atoms with E-state index in [1.807, 2.05) is 78.9 Å². The number of ether oxygens (including phenoxy) is 1. The third-order valence-corrected chi connectivity index (χ3v) is 7.61. The third-order valence-electron chi connectivity index (χ3n) is 7.09. The number of amides is 1. The Hall–Kier alpha value is -2.83. The van der Waals surface area contributed by atoms with Crippen molar-refractivity contribution in [3.63, 3.8) is 0 Å². The number of rotatable bonds is 7. The molecule has 5 nitrogen and oxygen atoms in total. The van der Waals surface area contributed by atoms with E-state index in [0.29, 0.717) is 12.5 Å². The predicted octanol–water partition coefficient (Wildman–Crippen LogP) is 6.19. The SMILES string of the molecule is O=C(O)N(C1CN2CCC1CC2)[C@@H](c1ccccc1)c1cccc(OCc2ccc(Br)cc2)c1. The average Bonchev–Trinajstić information content (AvgIpc) is 2.88. The molecular formula is C28H29BrN2O3. The Morgan fingerprint density at radius 2 is 1.71 bits per heavy atom. The van der Waals surface area contributed by atoms with E-state index in [1.54, 1.807) is 4.90 Å². The van der Waals surface area contributed by atoms with E-state index in [0.717, 1.165) is 59.4 Å². The molecule has 34 heavy (non-hydrogen) atoms. The van der Waals surface area contributed by atoms with Gasteiger partial charge in [0.25, 0.3) is 0 Å². The minimum Gasteiger partial charge on any atom is -0.489 e. The first-order valence-corrected chi connectivity index (χ1v) is 12.6. The number of halogens is 1. The van der Waals surface area contributed by atoms with Gasteiger partial charge in [-0.05, 0) is 72.8 Å². The van der Waals surface area contributed by atoms with Crippen molar-refractivity contribution in [3.8, 4) is 5.75 Å². The lowest BCUT2D eigenvalue weighted by Gasteiger charge is -2.50. The second-order valence-electron chi connectivity index (χ2n) is 9.20. The van der Waals surface area contributed by atoms with Gasteiger partial charge >= 0.3 is 6.09 Å². The molecule has 0 aromatic heterocycles. The smallest absolute Gasteiger partial charge is 0.408 e. The van der Waals surface area contributed by atoms with E-state index < -0.39 is 6.09 Å². The molecule has 6 rings (SSSR count). The Bertz CT molecular complexity index is 1110. The van der Waals surface area contributed by atoms with Gasteiger partial charge in [-0.1, -0.05) is 70.5 Å². The number of fused-ring (bicyclic) bond motifs is 3.